The molecule has 1 aliphatic carbocycles. The van der Waals surface area contributed by atoms with Gasteiger partial charge in [-0.25, -0.2) is 22.0 Å². The third-order valence-corrected chi connectivity index (χ3v) is 7.07. The summed E-state index contributed by atoms with van der Waals surface area (Å²) >= 11 is 0. The van der Waals surface area contributed by atoms with E-state index >= 15 is 8.78 Å². The second-order valence-corrected chi connectivity index (χ2v) is 9.73. The van der Waals surface area contributed by atoms with Crippen LogP contribution in [0.25, 0.3) is 0 Å². The van der Waals surface area contributed by atoms with Gasteiger partial charge in [-0.15, -0.1) is 0 Å². The van der Waals surface area contributed by atoms with E-state index in [1.807, 2.05) is 6.92 Å². The minimum Gasteiger partial charge on any atom is -0.457 e. The average molecular weight is 551 g/mol. The van der Waals surface area contributed by atoms with Crippen LogP contribution in [0.5, 0.6) is 11.5 Å². The monoisotopic (exact) mass is 550 g/mol. The molecule has 4 rings (SSSR count). The van der Waals surface area contributed by atoms with Gasteiger partial charge >= 0.3 is 6.11 Å². The van der Waals surface area contributed by atoms with Crippen molar-refractivity contribution in [2.45, 2.75) is 63.8 Å². The van der Waals surface area contributed by atoms with Crippen LogP contribution in [0.1, 0.15) is 68.8 Å². The highest BCUT2D eigenvalue weighted by molar-refractivity contribution is 5.35. The predicted molar refractivity (Wildman–Crippen MR) is 123 cm³/mol. The van der Waals surface area contributed by atoms with Gasteiger partial charge in [-0.3, -0.25) is 0 Å². The molecule has 2 fully saturated rings. The summed E-state index contributed by atoms with van der Waals surface area (Å²) in [6, 6.07) is 3.27. The fraction of sp³-hybridized carbons (Fsp3) is 0.556. The molecule has 2 aromatic rings. The molecule has 4 nitrogen and oxygen atoms in total. The van der Waals surface area contributed by atoms with Gasteiger partial charge in [-0.2, -0.15) is 8.78 Å². The predicted octanol–water partition coefficient (Wildman–Crippen LogP) is 7.96. The van der Waals surface area contributed by atoms with Crippen molar-refractivity contribution in [3.63, 3.8) is 0 Å². The number of halogens is 7. The molecule has 1 saturated heterocycles. The van der Waals surface area contributed by atoms with Gasteiger partial charge in [0, 0.05) is 29.2 Å². The Hall–Kier alpha value is -2.53. The van der Waals surface area contributed by atoms with E-state index in [1.54, 1.807) is 0 Å². The second kappa shape index (κ2) is 12.1. The van der Waals surface area contributed by atoms with Gasteiger partial charge in [0.2, 0.25) is 6.86 Å². The van der Waals surface area contributed by atoms with Crippen LogP contribution >= 0.6 is 0 Å². The van der Waals surface area contributed by atoms with Crippen LogP contribution in [0, 0.1) is 35.1 Å². The Kier molecular flexibility index (Phi) is 9.07. The summed E-state index contributed by atoms with van der Waals surface area (Å²) in [5.41, 5.74) is 0.0402. The molecule has 0 spiro atoms. The van der Waals surface area contributed by atoms with Gasteiger partial charge in [-0.1, -0.05) is 13.3 Å². The van der Waals surface area contributed by atoms with Crippen LogP contribution in [0.15, 0.2) is 24.3 Å². The Labute approximate surface area is 216 Å². The molecule has 0 amide bonds. The highest BCUT2D eigenvalue weighted by Crippen LogP contribution is 2.45. The summed E-state index contributed by atoms with van der Waals surface area (Å²) in [5.74, 6) is -7.96. The second-order valence-electron chi connectivity index (χ2n) is 9.73. The number of alkyl halides is 3. The van der Waals surface area contributed by atoms with Crippen molar-refractivity contribution >= 4 is 0 Å². The molecule has 0 aromatic heterocycles. The molecule has 1 aliphatic heterocycles. The summed E-state index contributed by atoms with van der Waals surface area (Å²) in [6.07, 6.45) is -2.95. The molecule has 0 bridgehead atoms. The van der Waals surface area contributed by atoms with Gasteiger partial charge in [0.25, 0.3) is 0 Å². The maximum atomic E-state index is 15.0. The summed E-state index contributed by atoms with van der Waals surface area (Å²) in [6.45, 7) is 1.40. The molecule has 0 radical (unpaired) electrons. The quantitative estimate of drug-likeness (QED) is 0.297. The number of benzene rings is 2. The Bertz CT molecular complexity index is 1050. The molecule has 1 heterocycles. The molecule has 0 atom stereocenters. The Morgan fingerprint density at radius 2 is 1.45 bits per heavy atom. The zero-order valence-corrected chi connectivity index (χ0v) is 20.8. The minimum atomic E-state index is -3.81. The first-order valence-corrected chi connectivity index (χ1v) is 12.6. The van der Waals surface area contributed by atoms with Gasteiger partial charge in [0.05, 0.1) is 19.1 Å². The fourth-order valence-corrected chi connectivity index (χ4v) is 5.19. The lowest BCUT2D eigenvalue weighted by Gasteiger charge is -2.34. The molecule has 0 unspecified atom stereocenters. The van der Waals surface area contributed by atoms with Crippen molar-refractivity contribution in [1.29, 1.82) is 0 Å². The third-order valence-electron chi connectivity index (χ3n) is 7.07. The summed E-state index contributed by atoms with van der Waals surface area (Å²) in [7, 11) is 0. The van der Waals surface area contributed by atoms with Crippen LogP contribution in [0.4, 0.5) is 30.7 Å². The topological polar surface area (TPSA) is 36.9 Å². The van der Waals surface area contributed by atoms with Crippen LogP contribution in [0.3, 0.4) is 0 Å². The van der Waals surface area contributed by atoms with Gasteiger partial charge in [0.15, 0.2) is 23.7 Å². The molecule has 2 aromatic carbocycles. The normalized spacial score (nSPS) is 24.3. The first kappa shape index (κ1) is 28.5. The minimum absolute atomic E-state index is 0.0535. The van der Waals surface area contributed by atoms with E-state index < -0.39 is 65.9 Å². The van der Waals surface area contributed by atoms with Crippen molar-refractivity contribution < 1.29 is 49.7 Å². The summed E-state index contributed by atoms with van der Waals surface area (Å²) < 4.78 is 120. The van der Waals surface area contributed by atoms with E-state index in [0.29, 0.717) is 25.3 Å². The lowest BCUT2D eigenvalue weighted by molar-refractivity contribution is -0.222. The van der Waals surface area contributed by atoms with E-state index in [9.17, 15) is 22.0 Å². The largest absolute Gasteiger partial charge is 0.457 e. The van der Waals surface area contributed by atoms with Crippen molar-refractivity contribution in [1.82, 2.24) is 0 Å². The van der Waals surface area contributed by atoms with Crippen molar-refractivity contribution in [2.24, 2.45) is 11.8 Å². The summed E-state index contributed by atoms with van der Waals surface area (Å²) in [5, 5.41) is 0. The third kappa shape index (κ3) is 6.36. The molecule has 1 saturated carbocycles. The smallest absolute Gasteiger partial charge is 0.400 e. The van der Waals surface area contributed by atoms with Gasteiger partial charge < -0.3 is 18.9 Å². The molecule has 0 N–H and O–H groups in total. The van der Waals surface area contributed by atoms with Crippen LogP contribution in [-0.4, -0.2) is 26.2 Å². The van der Waals surface area contributed by atoms with E-state index in [-0.39, 0.29) is 42.7 Å². The van der Waals surface area contributed by atoms with Crippen LogP contribution in [0.2, 0.25) is 0 Å². The maximum absolute atomic E-state index is 15.0. The first-order valence-electron chi connectivity index (χ1n) is 12.6. The molecular formula is C27H29F7O4. The Morgan fingerprint density at radius 3 is 1.97 bits per heavy atom. The Morgan fingerprint density at radius 1 is 0.868 bits per heavy atom. The standard InChI is InChI=1S/C27H29F7O4/c1-2-3-15-12-35-26(36-13-15)17-8-20(29)24(21(30)9-17)16-4-6-18(7-5-16)27(33,34)38-19-10-22(31)25(37-14-28)23(32)11-19/h8-11,15-16,18,26H,2-7,12-14H2,1H3. The Balaban J connectivity index is 1.38. The zero-order chi connectivity index (χ0) is 27.4. The number of rotatable bonds is 9. The zero-order valence-electron chi connectivity index (χ0n) is 20.8. The molecule has 2 aliphatic rings. The number of hydrogen-bond donors (Lipinski definition) is 0. The molecule has 210 valence electrons. The van der Waals surface area contributed by atoms with E-state index in [2.05, 4.69) is 9.47 Å². The van der Waals surface area contributed by atoms with E-state index in [0.717, 1.165) is 25.0 Å². The van der Waals surface area contributed by atoms with E-state index in [4.69, 9.17) is 9.47 Å². The highest BCUT2D eigenvalue weighted by atomic mass is 19.3. The molecular weight excluding hydrogens is 521 g/mol. The van der Waals surface area contributed by atoms with Gasteiger partial charge in [0.1, 0.15) is 17.4 Å². The average Bonchev–Trinajstić information content (AvgIpc) is 2.86. The van der Waals surface area contributed by atoms with Gasteiger partial charge in [-0.05, 0) is 50.2 Å². The molecule has 11 heteroatoms. The number of ether oxygens (including phenoxy) is 4. The maximum Gasteiger partial charge on any atom is 0.400 e. The van der Waals surface area contributed by atoms with Crippen LogP contribution < -0.4 is 9.47 Å². The lowest BCUT2D eigenvalue weighted by Crippen LogP contribution is -2.37. The SMILES string of the molecule is CCCC1COC(c2cc(F)c(C3CCC(C(F)(F)Oc4cc(F)c(OCF)c(F)c4)CC3)c(F)c2)OC1. The number of hydrogen-bond acceptors (Lipinski definition) is 4. The fourth-order valence-electron chi connectivity index (χ4n) is 5.19. The lowest BCUT2D eigenvalue weighted by atomic mass is 9.77. The molecule has 38 heavy (non-hydrogen) atoms. The van der Waals surface area contributed by atoms with Crippen molar-refractivity contribution in [3.8, 4) is 11.5 Å². The van der Waals surface area contributed by atoms with Crippen molar-refractivity contribution in [2.75, 3.05) is 20.1 Å². The highest BCUT2D eigenvalue weighted by Gasteiger charge is 2.45. The van der Waals surface area contributed by atoms with E-state index in [1.165, 1.54) is 0 Å². The summed E-state index contributed by atoms with van der Waals surface area (Å²) in [4.78, 5) is 0. The van der Waals surface area contributed by atoms with Crippen molar-refractivity contribution in [3.05, 3.63) is 58.7 Å². The first-order chi connectivity index (χ1) is 18.1. The van der Waals surface area contributed by atoms with Crippen LogP contribution in [-0.2, 0) is 9.47 Å².